The summed E-state index contributed by atoms with van der Waals surface area (Å²) < 4.78 is 0. The predicted molar refractivity (Wildman–Crippen MR) is 153 cm³/mol. The van der Waals surface area contributed by atoms with Crippen LogP contribution in [0.15, 0.2) is 30.3 Å². The third kappa shape index (κ3) is 4.23. The van der Waals surface area contributed by atoms with E-state index in [1.807, 2.05) is 31.2 Å². The molecule has 4 N–H and O–H groups in total. The molecular weight excluding hydrogens is 538 g/mol. The number of benzene rings is 2. The van der Waals surface area contributed by atoms with Crippen molar-refractivity contribution in [3.8, 4) is 17.6 Å². The maximum absolute atomic E-state index is 14.1. The molecule has 0 aliphatic heterocycles. The molecule has 10 heteroatoms. The van der Waals surface area contributed by atoms with Crippen molar-refractivity contribution < 1.29 is 34.2 Å². The number of aromatic hydroxyl groups is 1. The molecule has 6 atom stereocenters. The zero-order valence-corrected chi connectivity index (χ0v) is 24.1. The van der Waals surface area contributed by atoms with Crippen molar-refractivity contribution in [3.63, 3.8) is 0 Å². The molecular formula is C32H33N3O7. The molecule has 2 aromatic carbocycles. The highest BCUT2D eigenvalue weighted by Crippen LogP contribution is 2.52. The molecule has 0 saturated heterocycles. The Morgan fingerprint density at radius 3 is 2.33 bits per heavy atom. The molecule has 5 rings (SSSR count). The van der Waals surface area contributed by atoms with Crippen molar-refractivity contribution >= 4 is 34.7 Å². The number of nitrogens with zero attached hydrogens (tertiary/aromatic N) is 2. The van der Waals surface area contributed by atoms with E-state index < -0.39 is 64.4 Å². The lowest BCUT2D eigenvalue weighted by molar-refractivity contribution is -0.181. The summed E-state index contributed by atoms with van der Waals surface area (Å²) in [4.78, 5) is 70.3. The number of phenolic OH excluding ortho intramolecular Hbond substituents is 1. The number of primary amides is 1. The first-order valence-corrected chi connectivity index (χ1v) is 13.7. The van der Waals surface area contributed by atoms with Crippen LogP contribution in [0.1, 0.15) is 39.0 Å². The van der Waals surface area contributed by atoms with Gasteiger partial charge in [0.05, 0.1) is 23.1 Å². The number of rotatable bonds is 3. The summed E-state index contributed by atoms with van der Waals surface area (Å²) in [7, 11) is 6.68. The highest BCUT2D eigenvalue weighted by atomic mass is 16.3. The molecule has 0 spiro atoms. The maximum atomic E-state index is 14.1. The molecule has 42 heavy (non-hydrogen) atoms. The number of carbonyl (C=O) groups excluding carboxylic acids is 5. The van der Waals surface area contributed by atoms with Crippen LogP contribution in [-0.2, 0) is 25.6 Å². The van der Waals surface area contributed by atoms with E-state index in [1.165, 1.54) is 4.90 Å². The van der Waals surface area contributed by atoms with Gasteiger partial charge in [-0.2, -0.15) is 0 Å². The third-order valence-electron chi connectivity index (χ3n) is 8.88. The van der Waals surface area contributed by atoms with E-state index >= 15 is 0 Å². The number of anilines is 1. The molecule has 1 amide bonds. The molecule has 0 heterocycles. The predicted octanol–water partition coefficient (Wildman–Crippen LogP) is 0.641. The van der Waals surface area contributed by atoms with Crippen LogP contribution in [0.2, 0.25) is 0 Å². The molecule has 2 saturated carbocycles. The number of ketones is 4. The smallest absolute Gasteiger partial charge is 0.235 e. The summed E-state index contributed by atoms with van der Waals surface area (Å²) in [6.07, 6.45) is 0.172. The Morgan fingerprint density at radius 1 is 1.05 bits per heavy atom. The van der Waals surface area contributed by atoms with Crippen molar-refractivity contribution in [3.05, 3.63) is 58.1 Å². The first kappa shape index (κ1) is 29.2. The Hall–Kier alpha value is -4.33. The second-order valence-electron chi connectivity index (χ2n) is 11.9. The third-order valence-corrected chi connectivity index (χ3v) is 8.88. The molecule has 2 fully saturated rings. The second kappa shape index (κ2) is 10.2. The zero-order valence-electron chi connectivity index (χ0n) is 24.1. The summed E-state index contributed by atoms with van der Waals surface area (Å²) in [5, 5.41) is 23.1. The Morgan fingerprint density at radius 2 is 1.74 bits per heavy atom. The first-order chi connectivity index (χ1) is 19.7. The van der Waals surface area contributed by atoms with Gasteiger partial charge in [0.15, 0.2) is 34.7 Å². The van der Waals surface area contributed by atoms with E-state index in [9.17, 15) is 34.2 Å². The lowest BCUT2D eigenvalue weighted by atomic mass is 9.52. The largest absolute Gasteiger partial charge is 0.506 e. The number of likely N-dealkylation sites (N-methyl/N-ethyl adjacent to an activating group) is 1. The van der Waals surface area contributed by atoms with Gasteiger partial charge >= 0.3 is 0 Å². The quantitative estimate of drug-likeness (QED) is 0.355. The highest BCUT2D eigenvalue weighted by molar-refractivity contribution is 6.32. The van der Waals surface area contributed by atoms with Gasteiger partial charge in [0, 0.05) is 31.3 Å². The summed E-state index contributed by atoms with van der Waals surface area (Å²) in [6.45, 7) is 1.93. The fourth-order valence-corrected chi connectivity index (χ4v) is 7.01. The lowest BCUT2D eigenvalue weighted by Crippen LogP contribution is -2.74. The topological polar surface area (TPSA) is 158 Å². The van der Waals surface area contributed by atoms with Gasteiger partial charge in [-0.3, -0.25) is 28.9 Å². The van der Waals surface area contributed by atoms with Gasteiger partial charge in [0.2, 0.25) is 5.91 Å². The highest BCUT2D eigenvalue weighted by Gasteiger charge is 2.69. The van der Waals surface area contributed by atoms with Crippen molar-refractivity contribution in [2.45, 2.75) is 31.4 Å². The van der Waals surface area contributed by atoms with Crippen LogP contribution in [0.3, 0.4) is 0 Å². The molecule has 0 bridgehead atoms. The minimum Gasteiger partial charge on any atom is -0.506 e. The molecule has 218 valence electrons. The van der Waals surface area contributed by atoms with E-state index in [2.05, 4.69) is 11.8 Å². The zero-order chi connectivity index (χ0) is 30.8. The normalized spacial score (nSPS) is 28.4. The van der Waals surface area contributed by atoms with Crippen molar-refractivity contribution in [1.29, 1.82) is 0 Å². The molecule has 2 aromatic rings. The van der Waals surface area contributed by atoms with E-state index in [1.54, 1.807) is 39.2 Å². The number of Topliss-reactive ketones (excluding diaryl/α,β-unsaturated/α-hetero) is 4. The molecule has 3 aliphatic carbocycles. The lowest BCUT2D eigenvalue weighted by Gasteiger charge is -2.52. The number of amides is 1. The second-order valence-corrected chi connectivity index (χ2v) is 11.9. The molecule has 2 unspecified atom stereocenters. The fraction of sp³-hybridized carbons (Fsp3) is 0.406. The van der Waals surface area contributed by atoms with Crippen LogP contribution in [0.4, 0.5) is 5.69 Å². The van der Waals surface area contributed by atoms with Gasteiger partial charge in [-0.1, -0.05) is 24.0 Å². The van der Waals surface area contributed by atoms with Crippen LogP contribution >= 0.6 is 0 Å². The summed E-state index contributed by atoms with van der Waals surface area (Å²) >= 11 is 0. The van der Waals surface area contributed by atoms with Crippen LogP contribution in [0.5, 0.6) is 5.75 Å². The van der Waals surface area contributed by atoms with Gasteiger partial charge < -0.3 is 20.8 Å². The average Bonchev–Trinajstić information content (AvgIpc) is 2.89. The number of aliphatic hydroxyl groups is 1. The summed E-state index contributed by atoms with van der Waals surface area (Å²) in [5.74, 6) is -4.87. The van der Waals surface area contributed by atoms with E-state index in [-0.39, 0.29) is 29.7 Å². The standard InChI is InChI=1S/C32H33N3O7/c1-15-7-6-8-16(11-15)9-10-17-14-21(34(2)3)19-12-18-13-20-25(35(4)5)28(38)24(31(33)41)30(40)32(20,42)29(39)22(18)27(37)23(19)26(17)36/h6-8,11,14,18,20,22,24-25,36,42H,12-13H2,1-5H3,(H2,33,41)/t18-,20-,22?,24?,25-,32-/m0/s1. The van der Waals surface area contributed by atoms with Gasteiger partial charge in [0.25, 0.3) is 0 Å². The van der Waals surface area contributed by atoms with E-state index in [4.69, 9.17) is 5.73 Å². The van der Waals surface area contributed by atoms with Crippen LogP contribution in [0.25, 0.3) is 0 Å². The minimum absolute atomic E-state index is 0.00750. The number of aryl methyl sites for hydroxylation is 1. The number of phenols is 1. The van der Waals surface area contributed by atoms with Crippen LogP contribution in [0, 0.1) is 42.4 Å². The molecule has 10 nitrogen and oxygen atoms in total. The number of nitrogens with two attached hydrogens (primary N) is 1. The SMILES string of the molecule is Cc1cccc(C#Cc2cc(N(C)C)c3c(c2O)C(=O)C2C(=O)[C@]4(O)C(=O)C(C(N)=O)C(=O)[C@@H](N(C)C)[C@@H]4C[C@@H]2C3)c1. The van der Waals surface area contributed by atoms with E-state index in [0.29, 0.717) is 16.8 Å². The number of hydrogen-bond acceptors (Lipinski definition) is 9. The number of hydrogen-bond donors (Lipinski definition) is 3. The summed E-state index contributed by atoms with van der Waals surface area (Å²) in [5.41, 5.74) is 5.59. The Bertz CT molecular complexity index is 1630. The molecule has 0 aromatic heterocycles. The number of fused-ring (bicyclic) bond motifs is 3. The van der Waals surface area contributed by atoms with Crippen molar-refractivity contribution in [1.82, 2.24) is 4.90 Å². The maximum Gasteiger partial charge on any atom is 0.235 e. The fourth-order valence-electron chi connectivity index (χ4n) is 7.01. The van der Waals surface area contributed by atoms with Gasteiger partial charge in [0.1, 0.15) is 5.75 Å². The van der Waals surface area contributed by atoms with Crippen LogP contribution in [-0.4, -0.2) is 84.0 Å². The minimum atomic E-state index is -2.76. The molecule has 0 radical (unpaired) electrons. The molecule has 3 aliphatic rings. The van der Waals surface area contributed by atoms with E-state index in [0.717, 1.165) is 5.56 Å². The van der Waals surface area contributed by atoms with Gasteiger partial charge in [-0.15, -0.1) is 0 Å². The summed E-state index contributed by atoms with van der Waals surface area (Å²) in [6, 6.07) is 8.04. The van der Waals surface area contributed by atoms with Crippen molar-refractivity contribution in [2.24, 2.45) is 29.4 Å². The van der Waals surface area contributed by atoms with Gasteiger partial charge in [-0.25, -0.2) is 0 Å². The van der Waals surface area contributed by atoms with Crippen LogP contribution < -0.4 is 10.6 Å². The average molecular weight is 572 g/mol. The van der Waals surface area contributed by atoms with Gasteiger partial charge in [-0.05, 0) is 69.1 Å². The Labute approximate surface area is 243 Å². The number of carbonyl (C=O) groups is 5. The Kier molecular flexibility index (Phi) is 7.08. The monoisotopic (exact) mass is 571 g/mol. The van der Waals surface area contributed by atoms with Crippen molar-refractivity contribution in [2.75, 3.05) is 33.1 Å². The first-order valence-electron chi connectivity index (χ1n) is 13.7. The Balaban J connectivity index is 1.65.